The van der Waals surface area contributed by atoms with E-state index < -0.39 is 0 Å². The van der Waals surface area contributed by atoms with E-state index in [0.29, 0.717) is 18.3 Å². The van der Waals surface area contributed by atoms with E-state index >= 15 is 0 Å². The fraction of sp³-hybridized carbons (Fsp3) is 0.500. The summed E-state index contributed by atoms with van der Waals surface area (Å²) in [5.74, 6) is 0.770. The maximum absolute atomic E-state index is 11.8. The maximum atomic E-state index is 11.8. The van der Waals surface area contributed by atoms with Gasteiger partial charge in [-0.15, -0.1) is 11.8 Å². The summed E-state index contributed by atoms with van der Waals surface area (Å²) >= 11 is 7.55. The number of carbonyl (C=O) groups is 1. The molecule has 1 saturated heterocycles. The summed E-state index contributed by atoms with van der Waals surface area (Å²) in [5, 5.41) is 0.717. The molecule has 1 fully saturated rings. The molecule has 1 unspecified atom stereocenters. The number of carbonyl (C=O) groups excluding carboxylic acids is 1. The van der Waals surface area contributed by atoms with E-state index in [2.05, 4.69) is 0 Å². The smallest absolute Gasteiger partial charge is 0.143 e. The van der Waals surface area contributed by atoms with E-state index in [0.717, 1.165) is 35.8 Å². The minimum absolute atomic E-state index is 0.274. The van der Waals surface area contributed by atoms with Crippen molar-refractivity contribution in [2.24, 2.45) is 0 Å². The van der Waals surface area contributed by atoms with Crippen LogP contribution in [0.4, 0.5) is 0 Å². The van der Waals surface area contributed by atoms with Crippen molar-refractivity contribution in [3.63, 3.8) is 0 Å². The van der Waals surface area contributed by atoms with Gasteiger partial charge in [-0.1, -0.05) is 23.7 Å². The summed E-state index contributed by atoms with van der Waals surface area (Å²) < 4.78 is 5.51. The zero-order valence-electron chi connectivity index (χ0n) is 10.2. The predicted octanol–water partition coefficient (Wildman–Crippen LogP) is 3.96. The highest BCUT2D eigenvalue weighted by Crippen LogP contribution is 2.27. The Morgan fingerprint density at radius 3 is 3.00 bits per heavy atom. The second-order valence-corrected chi connectivity index (χ2v) is 5.86. The van der Waals surface area contributed by atoms with E-state index in [1.165, 1.54) is 11.8 Å². The summed E-state index contributed by atoms with van der Waals surface area (Å²) in [6.07, 6.45) is 4.02. The Hall–Kier alpha value is -0.510. The molecule has 4 heteroatoms. The molecular weight excluding hydrogens is 268 g/mol. The number of halogens is 1. The van der Waals surface area contributed by atoms with Crippen LogP contribution >= 0.6 is 23.4 Å². The van der Waals surface area contributed by atoms with E-state index in [9.17, 15) is 4.79 Å². The number of ether oxygens (including phenoxy) is 1. The molecule has 0 spiro atoms. The van der Waals surface area contributed by atoms with Crippen LogP contribution in [0.1, 0.15) is 25.7 Å². The molecule has 2 nitrogen and oxygen atoms in total. The molecular formula is C14H17ClO2S. The first-order valence-corrected chi connectivity index (χ1v) is 7.62. The summed E-state index contributed by atoms with van der Waals surface area (Å²) in [4.78, 5) is 12.7. The molecule has 0 aromatic heterocycles. The van der Waals surface area contributed by atoms with Gasteiger partial charge in [0.1, 0.15) is 5.78 Å². The highest BCUT2D eigenvalue weighted by atomic mass is 35.5. The van der Waals surface area contributed by atoms with Gasteiger partial charge in [-0.25, -0.2) is 0 Å². The van der Waals surface area contributed by atoms with E-state index in [1.807, 2.05) is 24.3 Å². The lowest BCUT2D eigenvalue weighted by Gasteiger charge is -2.08. The zero-order valence-corrected chi connectivity index (χ0v) is 11.8. The largest absolute Gasteiger partial charge is 0.378 e. The van der Waals surface area contributed by atoms with Crippen LogP contribution in [0.2, 0.25) is 5.02 Å². The monoisotopic (exact) mass is 284 g/mol. The molecule has 0 saturated carbocycles. The Balaban J connectivity index is 1.69. The van der Waals surface area contributed by atoms with E-state index in [1.54, 1.807) is 0 Å². The fourth-order valence-corrected chi connectivity index (χ4v) is 3.13. The van der Waals surface area contributed by atoms with Gasteiger partial charge < -0.3 is 4.74 Å². The van der Waals surface area contributed by atoms with Crippen LogP contribution in [0.3, 0.4) is 0 Å². The lowest BCUT2D eigenvalue weighted by Crippen LogP contribution is -2.09. The average molecular weight is 285 g/mol. The Labute approximate surface area is 117 Å². The van der Waals surface area contributed by atoms with Gasteiger partial charge in [-0.2, -0.15) is 0 Å². The first-order valence-electron chi connectivity index (χ1n) is 6.26. The molecule has 98 valence electrons. The van der Waals surface area contributed by atoms with Crippen molar-refractivity contribution in [2.75, 3.05) is 12.4 Å². The third-order valence-corrected chi connectivity index (χ3v) is 4.57. The maximum Gasteiger partial charge on any atom is 0.143 e. The molecule has 0 N–H and O–H groups in total. The highest BCUT2D eigenvalue weighted by molar-refractivity contribution is 8.00. The summed E-state index contributed by atoms with van der Waals surface area (Å²) in [5.41, 5.74) is 0. The van der Waals surface area contributed by atoms with Gasteiger partial charge in [-0.3, -0.25) is 4.79 Å². The first kappa shape index (κ1) is 13.9. The third-order valence-electron chi connectivity index (χ3n) is 2.99. The van der Waals surface area contributed by atoms with Crippen molar-refractivity contribution in [3.8, 4) is 0 Å². The van der Waals surface area contributed by atoms with Gasteiger partial charge in [0, 0.05) is 17.9 Å². The van der Waals surface area contributed by atoms with Crippen molar-refractivity contribution < 1.29 is 9.53 Å². The lowest BCUT2D eigenvalue weighted by molar-refractivity contribution is -0.117. The van der Waals surface area contributed by atoms with Crippen LogP contribution in [0.5, 0.6) is 0 Å². The van der Waals surface area contributed by atoms with Gasteiger partial charge in [0.15, 0.2) is 0 Å². The molecule has 1 atom stereocenters. The normalized spacial score (nSPS) is 19.1. The minimum atomic E-state index is 0.274. The minimum Gasteiger partial charge on any atom is -0.378 e. The van der Waals surface area contributed by atoms with Crippen LogP contribution in [-0.2, 0) is 9.53 Å². The summed E-state index contributed by atoms with van der Waals surface area (Å²) in [6.45, 7) is 0.854. The molecule has 0 radical (unpaired) electrons. The number of thioether (sulfide) groups is 1. The molecule has 1 heterocycles. The number of hydrogen-bond acceptors (Lipinski definition) is 3. The highest BCUT2D eigenvalue weighted by Gasteiger charge is 2.16. The Kier molecular flexibility index (Phi) is 5.54. The quantitative estimate of drug-likeness (QED) is 0.740. The molecule has 1 aliphatic rings. The topological polar surface area (TPSA) is 26.3 Å². The molecule has 0 bridgehead atoms. The lowest BCUT2D eigenvalue weighted by atomic mass is 10.1. The van der Waals surface area contributed by atoms with Gasteiger partial charge in [0.05, 0.1) is 16.9 Å². The number of hydrogen-bond donors (Lipinski definition) is 0. The Morgan fingerprint density at radius 2 is 2.28 bits per heavy atom. The van der Waals surface area contributed by atoms with Crippen LogP contribution in [-0.4, -0.2) is 24.2 Å². The molecule has 1 aromatic rings. The molecule has 0 amide bonds. The van der Waals surface area contributed by atoms with Gasteiger partial charge in [0.25, 0.3) is 0 Å². The Bertz CT molecular complexity index is 403. The number of rotatable bonds is 6. The van der Waals surface area contributed by atoms with Crippen LogP contribution < -0.4 is 0 Å². The van der Waals surface area contributed by atoms with Gasteiger partial charge in [-0.05, 0) is 31.4 Å². The number of Topliss-reactive ketones (excluding diaryl/α,β-unsaturated/α-hetero) is 1. The SMILES string of the molecule is O=C(CCC1CCCO1)CSc1ccccc1Cl. The van der Waals surface area contributed by atoms with Crippen LogP contribution in [0, 0.1) is 0 Å². The third kappa shape index (κ3) is 4.30. The Morgan fingerprint density at radius 1 is 1.44 bits per heavy atom. The van der Waals surface area contributed by atoms with Crippen molar-refractivity contribution >= 4 is 29.1 Å². The van der Waals surface area contributed by atoms with Crippen molar-refractivity contribution in [1.82, 2.24) is 0 Å². The molecule has 1 aromatic carbocycles. The van der Waals surface area contributed by atoms with Gasteiger partial charge >= 0.3 is 0 Å². The van der Waals surface area contributed by atoms with Crippen molar-refractivity contribution in [1.29, 1.82) is 0 Å². The predicted molar refractivity (Wildman–Crippen MR) is 75.4 cm³/mol. The number of benzene rings is 1. The zero-order chi connectivity index (χ0) is 12.8. The van der Waals surface area contributed by atoms with Crippen molar-refractivity contribution in [3.05, 3.63) is 29.3 Å². The molecule has 18 heavy (non-hydrogen) atoms. The summed E-state index contributed by atoms with van der Waals surface area (Å²) in [7, 11) is 0. The average Bonchev–Trinajstić information content (AvgIpc) is 2.88. The van der Waals surface area contributed by atoms with E-state index in [-0.39, 0.29) is 5.78 Å². The van der Waals surface area contributed by atoms with Gasteiger partial charge in [0.2, 0.25) is 0 Å². The summed E-state index contributed by atoms with van der Waals surface area (Å²) in [6, 6.07) is 7.62. The molecule has 2 rings (SSSR count). The number of ketones is 1. The molecule has 0 aliphatic carbocycles. The standard InChI is InChI=1S/C14H17ClO2S/c15-13-5-1-2-6-14(13)18-10-11(16)7-8-12-4-3-9-17-12/h1-2,5-6,12H,3-4,7-10H2. The second kappa shape index (κ2) is 7.17. The van der Waals surface area contributed by atoms with Crippen LogP contribution in [0.25, 0.3) is 0 Å². The fourth-order valence-electron chi connectivity index (χ4n) is 1.99. The van der Waals surface area contributed by atoms with Crippen molar-refractivity contribution in [2.45, 2.75) is 36.7 Å². The van der Waals surface area contributed by atoms with E-state index in [4.69, 9.17) is 16.3 Å². The first-order chi connectivity index (χ1) is 8.75. The van der Waals surface area contributed by atoms with Crippen LogP contribution in [0.15, 0.2) is 29.2 Å². The molecule has 1 aliphatic heterocycles. The second-order valence-electron chi connectivity index (χ2n) is 4.43.